The van der Waals surface area contributed by atoms with Crippen molar-refractivity contribution in [3.63, 3.8) is 0 Å². The van der Waals surface area contributed by atoms with Crippen LogP contribution in [-0.2, 0) is 4.79 Å². The summed E-state index contributed by atoms with van der Waals surface area (Å²) in [6, 6.07) is 0. The van der Waals surface area contributed by atoms with E-state index in [9.17, 15) is 9.18 Å². The highest BCUT2D eigenvalue weighted by Crippen LogP contribution is 2.21. The van der Waals surface area contributed by atoms with Crippen molar-refractivity contribution < 1.29 is 9.18 Å². The van der Waals surface area contributed by atoms with Crippen molar-refractivity contribution in [3.05, 3.63) is 0 Å². The summed E-state index contributed by atoms with van der Waals surface area (Å²) < 4.78 is 12.6. The third-order valence-electron chi connectivity index (χ3n) is 1.01. The van der Waals surface area contributed by atoms with Gasteiger partial charge in [-0.3, -0.25) is 4.79 Å². The molecule has 0 aromatic rings. The largest absolute Gasteiger partial charge is 0.367 e. The third-order valence-corrected chi connectivity index (χ3v) is 1.01. The van der Waals surface area contributed by atoms with Crippen LogP contribution in [0, 0.1) is 5.41 Å². The minimum atomic E-state index is -1.54. The number of hydrogen-bond donors (Lipinski definition) is 1. The van der Waals surface area contributed by atoms with Crippen molar-refractivity contribution in [1.29, 1.82) is 0 Å². The molecule has 0 aromatic carbocycles. The van der Waals surface area contributed by atoms with Crippen molar-refractivity contribution >= 4 is 5.91 Å². The van der Waals surface area contributed by atoms with Crippen molar-refractivity contribution in [2.24, 2.45) is 11.1 Å². The monoisotopic (exact) mass is 133 g/mol. The van der Waals surface area contributed by atoms with Gasteiger partial charge in [-0.1, -0.05) is 20.8 Å². The van der Waals surface area contributed by atoms with E-state index in [-0.39, 0.29) is 0 Å². The Morgan fingerprint density at radius 1 is 1.56 bits per heavy atom. The lowest BCUT2D eigenvalue weighted by Crippen LogP contribution is -2.35. The molecule has 0 saturated heterocycles. The zero-order valence-corrected chi connectivity index (χ0v) is 5.94. The fourth-order valence-electron chi connectivity index (χ4n) is 0.427. The van der Waals surface area contributed by atoms with Gasteiger partial charge in [0.1, 0.15) is 0 Å². The van der Waals surface area contributed by atoms with E-state index in [1.807, 2.05) is 0 Å². The molecular formula is C6H12FNO. The first-order valence-corrected chi connectivity index (χ1v) is 2.79. The molecule has 0 heterocycles. The standard InChI is InChI=1S/C6H12FNO/c1-6(2,3)4(7)5(8)9/h4H,1-3H3,(H2,8,9). The molecule has 0 bridgehead atoms. The van der Waals surface area contributed by atoms with Crippen molar-refractivity contribution in [2.45, 2.75) is 26.9 Å². The highest BCUT2D eigenvalue weighted by atomic mass is 19.1. The number of alkyl halides is 1. The van der Waals surface area contributed by atoms with Gasteiger partial charge in [0.25, 0.3) is 5.91 Å². The Balaban J connectivity index is 4.04. The molecule has 0 radical (unpaired) electrons. The Labute approximate surface area is 54.2 Å². The molecular weight excluding hydrogens is 121 g/mol. The normalized spacial score (nSPS) is 15.1. The van der Waals surface area contributed by atoms with Gasteiger partial charge in [-0.15, -0.1) is 0 Å². The maximum absolute atomic E-state index is 12.6. The summed E-state index contributed by atoms with van der Waals surface area (Å²) >= 11 is 0. The van der Waals surface area contributed by atoms with Crippen LogP contribution in [0.5, 0.6) is 0 Å². The van der Waals surface area contributed by atoms with Crippen molar-refractivity contribution in [1.82, 2.24) is 0 Å². The van der Waals surface area contributed by atoms with Gasteiger partial charge in [0, 0.05) is 5.41 Å². The van der Waals surface area contributed by atoms with Gasteiger partial charge < -0.3 is 5.73 Å². The van der Waals surface area contributed by atoms with Crippen LogP contribution in [0.15, 0.2) is 0 Å². The summed E-state index contributed by atoms with van der Waals surface area (Å²) in [6.07, 6.45) is -1.54. The molecule has 0 fully saturated rings. The lowest BCUT2D eigenvalue weighted by molar-refractivity contribution is -0.126. The van der Waals surface area contributed by atoms with E-state index in [0.717, 1.165) is 0 Å². The molecule has 0 aliphatic rings. The quantitative estimate of drug-likeness (QED) is 0.566. The van der Waals surface area contributed by atoms with Gasteiger partial charge in [-0.25, -0.2) is 4.39 Å². The van der Waals surface area contributed by atoms with Gasteiger partial charge in [0.15, 0.2) is 6.17 Å². The smallest absolute Gasteiger partial charge is 0.252 e. The molecule has 0 aliphatic heterocycles. The minimum Gasteiger partial charge on any atom is -0.367 e. The second-order valence-corrected chi connectivity index (χ2v) is 3.13. The number of rotatable bonds is 1. The van der Waals surface area contributed by atoms with Gasteiger partial charge in [0.05, 0.1) is 0 Å². The van der Waals surface area contributed by atoms with Crippen LogP contribution in [0.1, 0.15) is 20.8 Å². The van der Waals surface area contributed by atoms with Crippen LogP contribution in [-0.4, -0.2) is 12.1 Å². The van der Waals surface area contributed by atoms with Crippen LogP contribution in [0.2, 0.25) is 0 Å². The predicted octanol–water partition coefficient (Wildman–Crippen LogP) is 0.856. The number of primary amides is 1. The fraction of sp³-hybridized carbons (Fsp3) is 0.833. The molecule has 1 atom stereocenters. The van der Waals surface area contributed by atoms with Gasteiger partial charge >= 0.3 is 0 Å². The second-order valence-electron chi connectivity index (χ2n) is 3.13. The summed E-state index contributed by atoms with van der Waals surface area (Å²) in [7, 11) is 0. The molecule has 2 N–H and O–H groups in total. The number of nitrogens with two attached hydrogens (primary N) is 1. The molecule has 2 nitrogen and oxygen atoms in total. The van der Waals surface area contributed by atoms with Gasteiger partial charge in [-0.2, -0.15) is 0 Å². The molecule has 54 valence electrons. The van der Waals surface area contributed by atoms with E-state index in [0.29, 0.717) is 0 Å². The number of halogens is 1. The maximum Gasteiger partial charge on any atom is 0.252 e. The minimum absolute atomic E-state index is 0.661. The highest BCUT2D eigenvalue weighted by molar-refractivity contribution is 5.79. The predicted molar refractivity (Wildman–Crippen MR) is 33.5 cm³/mol. The molecule has 1 amide bonds. The van der Waals surface area contributed by atoms with Crippen LogP contribution < -0.4 is 5.73 Å². The summed E-state index contributed by atoms with van der Waals surface area (Å²) in [5.41, 5.74) is 4.05. The highest BCUT2D eigenvalue weighted by Gasteiger charge is 2.28. The fourth-order valence-corrected chi connectivity index (χ4v) is 0.427. The number of carbonyl (C=O) groups is 1. The first-order valence-electron chi connectivity index (χ1n) is 2.79. The molecule has 0 aliphatic carbocycles. The average Bonchev–Trinajstić information content (AvgIpc) is 1.62. The molecule has 9 heavy (non-hydrogen) atoms. The lowest BCUT2D eigenvalue weighted by Gasteiger charge is -2.19. The number of amides is 1. The van der Waals surface area contributed by atoms with Crippen LogP contribution in [0.25, 0.3) is 0 Å². The Bertz CT molecular complexity index is 117. The van der Waals surface area contributed by atoms with E-state index < -0.39 is 17.5 Å². The van der Waals surface area contributed by atoms with Crippen molar-refractivity contribution in [2.75, 3.05) is 0 Å². The first-order chi connectivity index (χ1) is 3.85. The third kappa shape index (κ3) is 2.44. The Hall–Kier alpha value is -0.600. The molecule has 0 rings (SSSR count). The van der Waals surface area contributed by atoms with E-state index in [4.69, 9.17) is 5.73 Å². The topological polar surface area (TPSA) is 43.1 Å². The summed E-state index contributed by atoms with van der Waals surface area (Å²) in [5, 5.41) is 0. The summed E-state index contributed by atoms with van der Waals surface area (Å²) in [6.45, 7) is 4.88. The molecule has 0 spiro atoms. The summed E-state index contributed by atoms with van der Waals surface area (Å²) in [4.78, 5) is 10.2. The Morgan fingerprint density at radius 2 is 1.89 bits per heavy atom. The maximum atomic E-state index is 12.6. The lowest BCUT2D eigenvalue weighted by atomic mass is 9.90. The van der Waals surface area contributed by atoms with E-state index in [1.54, 1.807) is 20.8 Å². The Kier molecular flexibility index (Phi) is 2.18. The zero-order valence-electron chi connectivity index (χ0n) is 5.94. The zero-order chi connectivity index (χ0) is 7.65. The van der Waals surface area contributed by atoms with Crippen LogP contribution >= 0.6 is 0 Å². The Morgan fingerprint density at radius 3 is 1.89 bits per heavy atom. The average molecular weight is 133 g/mol. The SMILES string of the molecule is CC(C)(C)C(F)C(N)=O. The van der Waals surface area contributed by atoms with E-state index >= 15 is 0 Å². The van der Waals surface area contributed by atoms with Crippen LogP contribution in [0.4, 0.5) is 4.39 Å². The molecule has 3 heteroatoms. The van der Waals surface area contributed by atoms with Crippen molar-refractivity contribution in [3.8, 4) is 0 Å². The second kappa shape index (κ2) is 2.33. The number of hydrogen-bond acceptors (Lipinski definition) is 1. The van der Waals surface area contributed by atoms with E-state index in [1.165, 1.54) is 0 Å². The summed E-state index contributed by atoms with van der Waals surface area (Å²) in [5.74, 6) is -0.887. The van der Waals surface area contributed by atoms with Gasteiger partial charge in [-0.05, 0) is 0 Å². The van der Waals surface area contributed by atoms with E-state index in [2.05, 4.69) is 0 Å². The molecule has 0 saturated carbocycles. The van der Waals surface area contributed by atoms with Gasteiger partial charge in [0.2, 0.25) is 0 Å². The van der Waals surface area contributed by atoms with Crippen LogP contribution in [0.3, 0.4) is 0 Å². The first kappa shape index (κ1) is 8.40. The molecule has 0 aromatic heterocycles. The molecule has 1 unspecified atom stereocenters. The number of carbonyl (C=O) groups excluding carboxylic acids is 1.